The molecule has 0 spiro atoms. The molecule has 1 aliphatic heterocycles. The van der Waals surface area contributed by atoms with Crippen LogP contribution in [0.15, 0.2) is 36.4 Å². The summed E-state index contributed by atoms with van der Waals surface area (Å²) in [4.78, 5) is 33.4. The molecular weight excluding hydrogens is 508 g/mol. The smallest absolute Gasteiger partial charge is 0.266 e. The molecule has 1 saturated carbocycles. The molecule has 206 valence electrons. The summed E-state index contributed by atoms with van der Waals surface area (Å²) in [5.41, 5.74) is 3.92. The Morgan fingerprint density at radius 3 is 2.69 bits per heavy atom. The molecule has 2 aromatic heterocycles. The molecule has 1 aromatic carbocycles. The largest absolute Gasteiger partial charge is 0.384 e. The van der Waals surface area contributed by atoms with Gasteiger partial charge in [-0.25, -0.2) is 4.58 Å². The molecule has 2 N–H and O–H groups in total. The molecule has 2 amide bonds. The predicted molar refractivity (Wildman–Crippen MR) is 160 cm³/mol. The zero-order valence-electron chi connectivity index (χ0n) is 23.4. The second-order valence-electron chi connectivity index (χ2n) is 10.7. The van der Waals surface area contributed by atoms with E-state index in [0.717, 1.165) is 59.1 Å². The summed E-state index contributed by atoms with van der Waals surface area (Å²) < 4.78 is 7.58. The zero-order valence-corrected chi connectivity index (χ0v) is 24.2. The standard InChI is InChI=1S/C31H38N4O3S/c1-5-22-17-21(19-34(22)2)27-13-14-28(39-27)30(36)33-29-25(15-16-38-4)24-12-11-23(18-26(24)32-29)35(3)31(37)20-9-7-6-8-10-20/h11-14,17-20,22,32H,5-10,15-16H2,1-4H3/p+1. The second-order valence-corrected chi connectivity index (χ2v) is 11.8. The maximum atomic E-state index is 13.3. The molecule has 39 heavy (non-hydrogen) atoms. The van der Waals surface area contributed by atoms with Crippen molar-refractivity contribution >= 4 is 57.3 Å². The summed E-state index contributed by atoms with van der Waals surface area (Å²) in [5, 5.41) is 4.14. The monoisotopic (exact) mass is 547 g/mol. The van der Waals surface area contributed by atoms with Crippen LogP contribution in [0, 0.1) is 5.92 Å². The van der Waals surface area contributed by atoms with Crippen LogP contribution in [0.2, 0.25) is 0 Å². The number of carbonyl (C=O) groups is 2. The average Bonchev–Trinajstić information content (AvgIpc) is 3.68. The van der Waals surface area contributed by atoms with Crippen molar-refractivity contribution in [1.29, 1.82) is 0 Å². The van der Waals surface area contributed by atoms with Crippen LogP contribution in [-0.2, 0) is 16.0 Å². The Balaban J connectivity index is 1.38. The minimum atomic E-state index is -0.139. The molecule has 0 saturated heterocycles. The molecule has 7 nitrogen and oxygen atoms in total. The number of hydrogen-bond acceptors (Lipinski definition) is 4. The number of methoxy groups -OCH3 is 1. The minimum absolute atomic E-state index is 0.108. The Morgan fingerprint density at radius 1 is 1.18 bits per heavy atom. The lowest BCUT2D eigenvalue weighted by Gasteiger charge is -2.26. The van der Waals surface area contributed by atoms with Gasteiger partial charge in [-0.2, -0.15) is 0 Å². The lowest BCUT2D eigenvalue weighted by Crippen LogP contribution is -2.33. The Hall–Kier alpha value is -3.23. The third kappa shape index (κ3) is 5.72. The molecule has 5 rings (SSSR count). The highest BCUT2D eigenvalue weighted by molar-refractivity contribution is 7.15. The number of nitrogens with one attached hydrogen (secondary N) is 2. The molecule has 8 heteroatoms. The number of thiophene rings is 1. The van der Waals surface area contributed by atoms with Crippen molar-refractivity contribution in [2.45, 2.75) is 57.9 Å². The highest BCUT2D eigenvalue weighted by atomic mass is 32.1. The van der Waals surface area contributed by atoms with Crippen LogP contribution in [0.4, 0.5) is 11.5 Å². The number of anilines is 2. The number of allylic oxidation sites excluding steroid dienone is 1. The highest BCUT2D eigenvalue weighted by Gasteiger charge is 2.26. The SMILES string of the molecule is CCC1C=C(c2ccc(C(=O)Nc3[nH]c4cc(N(C)C(=O)C5CCCCC5)ccc4c3CCOC)s2)C=[N+]1C. The fraction of sp³-hybridized carbons (Fsp3) is 0.452. The number of H-pyrrole nitrogens is 1. The number of nitrogens with zero attached hydrogens (tertiary/aromatic N) is 2. The first-order valence-electron chi connectivity index (χ1n) is 14.0. The van der Waals surface area contributed by atoms with Crippen molar-refractivity contribution in [2.75, 3.05) is 38.0 Å². The van der Waals surface area contributed by atoms with Crippen LogP contribution >= 0.6 is 11.3 Å². The zero-order chi connectivity index (χ0) is 27.5. The molecule has 0 radical (unpaired) electrons. The summed E-state index contributed by atoms with van der Waals surface area (Å²) in [6, 6.07) is 10.4. The molecule has 1 atom stereocenters. The number of benzene rings is 1. The molecule has 0 bridgehead atoms. The Morgan fingerprint density at radius 2 is 1.97 bits per heavy atom. The van der Waals surface area contributed by atoms with Crippen LogP contribution in [-0.4, -0.2) is 61.4 Å². The van der Waals surface area contributed by atoms with E-state index in [1.807, 2.05) is 37.4 Å². The fourth-order valence-corrected chi connectivity index (χ4v) is 6.69. The number of fused-ring (bicyclic) bond motifs is 1. The van der Waals surface area contributed by atoms with E-state index in [9.17, 15) is 9.59 Å². The third-order valence-electron chi connectivity index (χ3n) is 8.13. The molecule has 1 aliphatic carbocycles. The number of ether oxygens (including phenoxy) is 1. The van der Waals surface area contributed by atoms with Crippen LogP contribution < -0.4 is 10.2 Å². The Bertz CT molecular complexity index is 1430. The fourth-order valence-electron chi connectivity index (χ4n) is 5.80. The quantitative estimate of drug-likeness (QED) is 0.318. The van der Waals surface area contributed by atoms with Crippen LogP contribution in [0.5, 0.6) is 0 Å². The van der Waals surface area contributed by atoms with Gasteiger partial charge in [0.15, 0.2) is 12.3 Å². The van der Waals surface area contributed by atoms with E-state index < -0.39 is 0 Å². The van der Waals surface area contributed by atoms with Gasteiger partial charge in [0.05, 0.1) is 17.1 Å². The molecule has 3 aromatic rings. The molecule has 2 aliphatic rings. The van der Waals surface area contributed by atoms with Crippen molar-refractivity contribution in [3.05, 3.63) is 51.7 Å². The summed E-state index contributed by atoms with van der Waals surface area (Å²) in [5.74, 6) is 0.836. The van der Waals surface area contributed by atoms with Crippen molar-refractivity contribution < 1.29 is 18.9 Å². The van der Waals surface area contributed by atoms with Gasteiger partial charge >= 0.3 is 0 Å². The van der Waals surface area contributed by atoms with Crippen LogP contribution in [0.1, 0.15) is 65.6 Å². The van der Waals surface area contributed by atoms with Crippen LogP contribution in [0.25, 0.3) is 16.5 Å². The first-order valence-corrected chi connectivity index (χ1v) is 14.8. The second kappa shape index (κ2) is 11.9. The van der Waals surface area contributed by atoms with Crippen molar-refractivity contribution in [3.63, 3.8) is 0 Å². The first kappa shape index (κ1) is 27.3. The lowest BCUT2D eigenvalue weighted by molar-refractivity contribution is -0.517. The van der Waals surface area contributed by atoms with E-state index in [-0.39, 0.29) is 17.7 Å². The van der Waals surface area contributed by atoms with E-state index in [1.165, 1.54) is 23.3 Å². The topological polar surface area (TPSA) is 77.4 Å². The average molecular weight is 548 g/mol. The third-order valence-corrected chi connectivity index (χ3v) is 9.26. The van der Waals surface area contributed by atoms with Gasteiger partial charge in [0.25, 0.3) is 5.91 Å². The van der Waals surface area contributed by atoms with E-state index in [0.29, 0.717) is 29.8 Å². The van der Waals surface area contributed by atoms with Gasteiger partial charge in [0.2, 0.25) is 5.91 Å². The number of carbonyl (C=O) groups excluding carboxylic acids is 2. The summed E-state index contributed by atoms with van der Waals surface area (Å²) in [6.07, 6.45) is 11.5. The maximum Gasteiger partial charge on any atom is 0.266 e. The van der Waals surface area contributed by atoms with E-state index in [1.54, 1.807) is 12.0 Å². The minimum Gasteiger partial charge on any atom is -0.384 e. The van der Waals surface area contributed by atoms with Crippen LogP contribution in [0.3, 0.4) is 0 Å². The number of amides is 2. The predicted octanol–water partition coefficient (Wildman–Crippen LogP) is 6.10. The lowest BCUT2D eigenvalue weighted by atomic mass is 9.88. The number of hydrogen-bond donors (Lipinski definition) is 2. The summed E-state index contributed by atoms with van der Waals surface area (Å²) in [6.45, 7) is 2.72. The molecular formula is C31H39N4O3S+. The van der Waals surface area contributed by atoms with E-state index in [4.69, 9.17) is 4.74 Å². The van der Waals surface area contributed by atoms with E-state index >= 15 is 0 Å². The Kier molecular flexibility index (Phi) is 8.33. The van der Waals surface area contributed by atoms with Crippen molar-refractivity contribution in [1.82, 2.24) is 4.98 Å². The number of likely N-dealkylation sites (N-methyl/N-ethyl adjacent to an activating group) is 1. The molecule has 3 heterocycles. The highest BCUT2D eigenvalue weighted by Crippen LogP contribution is 2.33. The van der Waals surface area contributed by atoms with Gasteiger partial charge in [-0.05, 0) is 49.6 Å². The van der Waals surface area contributed by atoms with Gasteiger partial charge in [-0.15, -0.1) is 11.3 Å². The van der Waals surface area contributed by atoms with E-state index in [2.05, 4.69) is 41.1 Å². The van der Waals surface area contributed by atoms with Gasteiger partial charge in [-0.1, -0.05) is 32.3 Å². The van der Waals surface area contributed by atoms with Gasteiger partial charge in [0, 0.05) is 53.5 Å². The maximum absolute atomic E-state index is 13.3. The van der Waals surface area contributed by atoms with Gasteiger partial charge < -0.3 is 19.9 Å². The van der Waals surface area contributed by atoms with Gasteiger partial charge in [-0.3, -0.25) is 9.59 Å². The first-order chi connectivity index (χ1) is 18.9. The van der Waals surface area contributed by atoms with Crippen molar-refractivity contribution in [3.8, 4) is 0 Å². The number of rotatable bonds is 9. The van der Waals surface area contributed by atoms with Crippen molar-refractivity contribution in [2.24, 2.45) is 5.92 Å². The number of aromatic nitrogens is 1. The Labute approximate surface area is 234 Å². The number of aromatic amines is 1. The normalized spacial score (nSPS) is 17.8. The van der Waals surface area contributed by atoms with Gasteiger partial charge in [0.1, 0.15) is 12.9 Å². The molecule has 1 unspecified atom stereocenters. The summed E-state index contributed by atoms with van der Waals surface area (Å²) in [7, 11) is 5.63. The molecule has 1 fully saturated rings. The summed E-state index contributed by atoms with van der Waals surface area (Å²) >= 11 is 1.50.